The third-order valence-corrected chi connectivity index (χ3v) is 4.50. The van der Waals surface area contributed by atoms with Gasteiger partial charge in [0, 0.05) is 28.3 Å². The summed E-state index contributed by atoms with van der Waals surface area (Å²) in [7, 11) is 0. The first-order valence-corrected chi connectivity index (χ1v) is 8.00. The Morgan fingerprint density at radius 3 is 2.58 bits per heavy atom. The van der Waals surface area contributed by atoms with Crippen LogP contribution in [0.5, 0.6) is 0 Å². The molecule has 0 heterocycles. The molecule has 2 nitrogen and oxygen atoms in total. The first kappa shape index (κ1) is 14.6. The van der Waals surface area contributed by atoms with Crippen LogP contribution in [0.3, 0.4) is 0 Å². The van der Waals surface area contributed by atoms with Crippen molar-refractivity contribution in [1.82, 2.24) is 0 Å². The van der Waals surface area contributed by atoms with E-state index < -0.39 is 0 Å². The second kappa shape index (κ2) is 6.56. The molecule has 1 aromatic carbocycles. The molecule has 0 N–H and O–H groups in total. The lowest BCUT2D eigenvalue weighted by Crippen LogP contribution is -2.37. The molecule has 0 aliphatic heterocycles. The minimum atomic E-state index is 0.150. The number of benzene rings is 1. The summed E-state index contributed by atoms with van der Waals surface area (Å²) in [4.78, 5) is 14.3. The number of hydrogen-bond acceptors (Lipinski definition) is 2. The van der Waals surface area contributed by atoms with E-state index >= 15 is 0 Å². The molecule has 0 bridgehead atoms. The molecule has 0 unspecified atom stereocenters. The Kier molecular flexibility index (Phi) is 5.03. The molecule has 0 saturated heterocycles. The molecule has 1 aromatic rings. The quantitative estimate of drug-likeness (QED) is 0.741. The third-order valence-electron chi connectivity index (χ3n) is 4.00. The lowest BCUT2D eigenvalue weighted by atomic mass is 9.93. The van der Waals surface area contributed by atoms with Gasteiger partial charge >= 0.3 is 0 Å². The van der Waals surface area contributed by atoms with E-state index in [0.29, 0.717) is 6.04 Å². The van der Waals surface area contributed by atoms with Crippen molar-refractivity contribution in [3.8, 4) is 0 Å². The predicted molar refractivity (Wildman–Crippen MR) is 84.0 cm³/mol. The summed E-state index contributed by atoms with van der Waals surface area (Å²) in [6.45, 7) is 4.79. The number of halogens is 1. The third kappa shape index (κ3) is 3.38. The number of rotatable bonds is 4. The molecule has 1 aliphatic rings. The van der Waals surface area contributed by atoms with Gasteiger partial charge in [0.15, 0.2) is 5.78 Å². The Balaban J connectivity index is 2.35. The van der Waals surface area contributed by atoms with Crippen LogP contribution in [-0.2, 0) is 0 Å². The van der Waals surface area contributed by atoms with Crippen LogP contribution in [0.1, 0.15) is 56.3 Å². The lowest BCUT2D eigenvalue weighted by Gasteiger charge is -2.36. The first-order valence-electron chi connectivity index (χ1n) is 7.20. The zero-order chi connectivity index (χ0) is 13.8. The molecule has 0 spiro atoms. The largest absolute Gasteiger partial charge is 0.368 e. The normalized spacial score (nSPS) is 16.4. The van der Waals surface area contributed by atoms with E-state index in [1.54, 1.807) is 6.92 Å². The van der Waals surface area contributed by atoms with Gasteiger partial charge in [-0.2, -0.15) is 0 Å². The van der Waals surface area contributed by atoms with Crippen LogP contribution in [0.2, 0.25) is 0 Å². The van der Waals surface area contributed by atoms with Crippen LogP contribution < -0.4 is 4.90 Å². The maximum atomic E-state index is 11.8. The predicted octanol–water partition coefficient (Wildman–Crippen LogP) is 4.81. The van der Waals surface area contributed by atoms with Gasteiger partial charge in [0.2, 0.25) is 0 Å². The van der Waals surface area contributed by atoms with Crippen molar-refractivity contribution in [2.45, 2.75) is 52.0 Å². The van der Waals surface area contributed by atoms with Gasteiger partial charge in [0.05, 0.1) is 0 Å². The Morgan fingerprint density at radius 1 is 1.32 bits per heavy atom. The maximum Gasteiger partial charge on any atom is 0.161 e. The van der Waals surface area contributed by atoms with E-state index in [0.717, 1.165) is 22.3 Å². The summed E-state index contributed by atoms with van der Waals surface area (Å²) >= 11 is 3.53. The minimum absolute atomic E-state index is 0.150. The highest BCUT2D eigenvalue weighted by atomic mass is 79.9. The van der Waals surface area contributed by atoms with Gasteiger partial charge in [-0.1, -0.05) is 35.2 Å². The van der Waals surface area contributed by atoms with Crippen LogP contribution in [0.25, 0.3) is 0 Å². The average molecular weight is 324 g/mol. The molecule has 1 fully saturated rings. The highest BCUT2D eigenvalue weighted by Gasteiger charge is 2.23. The Labute approximate surface area is 124 Å². The molecule has 3 heteroatoms. The molecule has 104 valence electrons. The topological polar surface area (TPSA) is 20.3 Å². The van der Waals surface area contributed by atoms with Crippen molar-refractivity contribution in [1.29, 1.82) is 0 Å². The SMILES string of the molecule is CCN(c1cc(Br)ccc1C(C)=O)C1CCCCC1. The fourth-order valence-electron chi connectivity index (χ4n) is 3.06. The fraction of sp³-hybridized carbons (Fsp3) is 0.562. The van der Waals surface area contributed by atoms with Crippen LogP contribution in [0, 0.1) is 0 Å². The monoisotopic (exact) mass is 323 g/mol. The number of carbonyl (C=O) groups is 1. The van der Waals surface area contributed by atoms with Gasteiger partial charge in [0.1, 0.15) is 0 Å². The molecule has 0 amide bonds. The molecular formula is C16H22BrNO. The fourth-order valence-corrected chi connectivity index (χ4v) is 3.41. The number of ketones is 1. The molecular weight excluding hydrogens is 302 g/mol. The van der Waals surface area contributed by atoms with Gasteiger partial charge in [0.25, 0.3) is 0 Å². The summed E-state index contributed by atoms with van der Waals surface area (Å²) < 4.78 is 1.04. The zero-order valence-corrected chi connectivity index (χ0v) is 13.4. The van der Waals surface area contributed by atoms with Crippen LogP contribution in [0.4, 0.5) is 5.69 Å². The smallest absolute Gasteiger partial charge is 0.161 e. The molecule has 2 rings (SSSR count). The van der Waals surface area contributed by atoms with Crippen molar-refractivity contribution in [2.24, 2.45) is 0 Å². The number of hydrogen-bond donors (Lipinski definition) is 0. The molecule has 1 aliphatic carbocycles. The molecule has 19 heavy (non-hydrogen) atoms. The van der Waals surface area contributed by atoms with Crippen molar-refractivity contribution in [3.05, 3.63) is 28.2 Å². The number of nitrogens with zero attached hydrogens (tertiary/aromatic N) is 1. The Bertz CT molecular complexity index is 452. The summed E-state index contributed by atoms with van der Waals surface area (Å²) in [6.07, 6.45) is 6.47. The van der Waals surface area contributed by atoms with Gasteiger partial charge in [-0.05, 0) is 44.9 Å². The molecule has 0 radical (unpaired) electrons. The van der Waals surface area contributed by atoms with Crippen molar-refractivity contribution >= 4 is 27.4 Å². The summed E-state index contributed by atoms with van der Waals surface area (Å²) in [5, 5.41) is 0. The summed E-state index contributed by atoms with van der Waals surface area (Å²) in [5.74, 6) is 0.150. The number of Topliss-reactive ketones (excluding diaryl/α,β-unsaturated/α-hetero) is 1. The molecule has 1 saturated carbocycles. The summed E-state index contributed by atoms with van der Waals surface area (Å²) in [5.41, 5.74) is 1.94. The van der Waals surface area contributed by atoms with Crippen LogP contribution in [-0.4, -0.2) is 18.4 Å². The zero-order valence-electron chi connectivity index (χ0n) is 11.8. The van der Waals surface area contributed by atoms with Gasteiger partial charge < -0.3 is 4.90 Å². The highest BCUT2D eigenvalue weighted by molar-refractivity contribution is 9.10. The second-order valence-electron chi connectivity index (χ2n) is 5.30. The van der Waals surface area contributed by atoms with E-state index in [4.69, 9.17) is 0 Å². The first-order chi connectivity index (χ1) is 9.13. The Hall–Kier alpha value is -0.830. The van der Waals surface area contributed by atoms with Crippen LogP contribution in [0.15, 0.2) is 22.7 Å². The van der Waals surface area contributed by atoms with E-state index in [2.05, 4.69) is 33.8 Å². The van der Waals surface area contributed by atoms with Crippen molar-refractivity contribution < 1.29 is 4.79 Å². The summed E-state index contributed by atoms with van der Waals surface area (Å²) in [6, 6.07) is 6.57. The van der Waals surface area contributed by atoms with E-state index in [-0.39, 0.29) is 5.78 Å². The minimum Gasteiger partial charge on any atom is -0.368 e. The van der Waals surface area contributed by atoms with E-state index in [1.165, 1.54) is 32.1 Å². The lowest BCUT2D eigenvalue weighted by molar-refractivity contribution is 0.101. The van der Waals surface area contributed by atoms with Crippen molar-refractivity contribution in [3.63, 3.8) is 0 Å². The van der Waals surface area contributed by atoms with E-state index in [9.17, 15) is 4.79 Å². The second-order valence-corrected chi connectivity index (χ2v) is 6.21. The molecule has 0 atom stereocenters. The van der Waals surface area contributed by atoms with Gasteiger partial charge in [-0.3, -0.25) is 4.79 Å². The number of carbonyl (C=O) groups excluding carboxylic acids is 1. The van der Waals surface area contributed by atoms with Crippen LogP contribution >= 0.6 is 15.9 Å². The number of anilines is 1. The molecule has 0 aromatic heterocycles. The highest BCUT2D eigenvalue weighted by Crippen LogP contribution is 2.31. The Morgan fingerprint density at radius 2 is 2.00 bits per heavy atom. The van der Waals surface area contributed by atoms with Gasteiger partial charge in [-0.15, -0.1) is 0 Å². The van der Waals surface area contributed by atoms with Gasteiger partial charge in [-0.25, -0.2) is 0 Å². The standard InChI is InChI=1S/C16H22BrNO/c1-3-18(14-7-5-4-6-8-14)16-11-13(17)9-10-15(16)12(2)19/h9-11,14H,3-8H2,1-2H3. The van der Waals surface area contributed by atoms with E-state index in [1.807, 2.05) is 12.1 Å². The average Bonchev–Trinajstić information content (AvgIpc) is 2.40. The maximum absolute atomic E-state index is 11.8. The van der Waals surface area contributed by atoms with Crippen molar-refractivity contribution in [2.75, 3.05) is 11.4 Å².